The molecule has 0 radical (unpaired) electrons. The van der Waals surface area contributed by atoms with Gasteiger partial charge >= 0.3 is 0 Å². The van der Waals surface area contributed by atoms with E-state index in [2.05, 4.69) is 5.32 Å². The van der Waals surface area contributed by atoms with Gasteiger partial charge in [0.05, 0.1) is 11.8 Å². The average molecular weight is 336 g/mol. The maximum absolute atomic E-state index is 12.7. The van der Waals surface area contributed by atoms with Crippen LogP contribution < -0.4 is 5.32 Å². The Morgan fingerprint density at radius 3 is 2.36 bits per heavy atom. The summed E-state index contributed by atoms with van der Waals surface area (Å²) in [5.74, 6) is -0.374. The van der Waals surface area contributed by atoms with E-state index < -0.39 is 0 Å². The molecule has 0 heterocycles. The molecule has 3 rings (SSSR count). The van der Waals surface area contributed by atoms with E-state index in [1.807, 2.05) is 73.3 Å². The predicted octanol–water partition coefficient (Wildman–Crippen LogP) is 3.62. The van der Waals surface area contributed by atoms with Gasteiger partial charge in [0.25, 0.3) is 0 Å². The van der Waals surface area contributed by atoms with Gasteiger partial charge in [0.1, 0.15) is 0 Å². The summed E-state index contributed by atoms with van der Waals surface area (Å²) in [5.41, 5.74) is 3.04. The molecule has 0 aromatic heterocycles. The van der Waals surface area contributed by atoms with Crippen LogP contribution in [0, 0.1) is 18.8 Å². The molecule has 0 aliphatic heterocycles. The molecule has 0 saturated heterocycles. The fraction of sp³-hybridized carbons (Fsp3) is 0.333. The van der Waals surface area contributed by atoms with Gasteiger partial charge in [-0.1, -0.05) is 48.0 Å². The summed E-state index contributed by atoms with van der Waals surface area (Å²) in [7, 11) is 0. The lowest BCUT2D eigenvalue weighted by Gasteiger charge is -2.21. The Bertz CT molecular complexity index is 740. The van der Waals surface area contributed by atoms with Gasteiger partial charge in [-0.05, 0) is 38.0 Å². The first-order chi connectivity index (χ1) is 12.1. The van der Waals surface area contributed by atoms with Crippen molar-refractivity contribution in [2.75, 3.05) is 11.9 Å². The van der Waals surface area contributed by atoms with Gasteiger partial charge in [-0.2, -0.15) is 0 Å². The van der Waals surface area contributed by atoms with Crippen LogP contribution in [-0.2, 0) is 16.1 Å². The van der Waals surface area contributed by atoms with E-state index in [9.17, 15) is 9.59 Å². The third kappa shape index (κ3) is 4.27. The van der Waals surface area contributed by atoms with Gasteiger partial charge in [0.2, 0.25) is 11.8 Å². The van der Waals surface area contributed by atoms with Crippen LogP contribution in [-0.4, -0.2) is 23.3 Å². The lowest BCUT2D eigenvalue weighted by Crippen LogP contribution is -2.33. The highest BCUT2D eigenvalue weighted by atomic mass is 16.2. The number of carbonyl (C=O) groups is 2. The van der Waals surface area contributed by atoms with Crippen molar-refractivity contribution in [1.29, 1.82) is 0 Å². The van der Waals surface area contributed by atoms with E-state index in [4.69, 9.17) is 0 Å². The first-order valence-corrected chi connectivity index (χ1v) is 8.78. The zero-order chi connectivity index (χ0) is 17.8. The van der Waals surface area contributed by atoms with Crippen LogP contribution in [0.3, 0.4) is 0 Å². The van der Waals surface area contributed by atoms with Crippen LogP contribution in [0.25, 0.3) is 0 Å². The SMILES string of the molecule is CCN(Cc1ccccc1)C(=O)C1CC1C(=O)Nc1ccc(C)cc1. The molecule has 0 spiro atoms. The molecule has 2 aromatic rings. The topological polar surface area (TPSA) is 49.4 Å². The van der Waals surface area contributed by atoms with Crippen LogP contribution in [0.15, 0.2) is 54.6 Å². The third-order valence-corrected chi connectivity index (χ3v) is 4.67. The molecule has 2 unspecified atom stereocenters. The van der Waals surface area contributed by atoms with E-state index >= 15 is 0 Å². The Morgan fingerprint density at radius 2 is 1.72 bits per heavy atom. The Kier molecular flexibility index (Phi) is 5.17. The molecule has 25 heavy (non-hydrogen) atoms. The van der Waals surface area contributed by atoms with Crippen LogP contribution in [0.5, 0.6) is 0 Å². The second-order valence-corrected chi connectivity index (χ2v) is 6.64. The molecule has 0 bridgehead atoms. The number of benzene rings is 2. The summed E-state index contributed by atoms with van der Waals surface area (Å²) < 4.78 is 0. The first kappa shape index (κ1) is 17.2. The highest BCUT2D eigenvalue weighted by molar-refractivity contribution is 5.99. The Balaban J connectivity index is 1.56. The molecule has 4 heteroatoms. The monoisotopic (exact) mass is 336 g/mol. The molecule has 1 N–H and O–H groups in total. The van der Waals surface area contributed by atoms with Crippen molar-refractivity contribution >= 4 is 17.5 Å². The summed E-state index contributed by atoms with van der Waals surface area (Å²) in [6.45, 7) is 5.23. The number of hydrogen-bond donors (Lipinski definition) is 1. The van der Waals surface area contributed by atoms with Crippen LogP contribution in [0.4, 0.5) is 5.69 Å². The fourth-order valence-corrected chi connectivity index (χ4v) is 3.01. The van der Waals surface area contributed by atoms with Crippen molar-refractivity contribution in [2.45, 2.75) is 26.8 Å². The highest BCUT2D eigenvalue weighted by Crippen LogP contribution is 2.41. The Morgan fingerprint density at radius 1 is 1.04 bits per heavy atom. The molecule has 2 atom stereocenters. The van der Waals surface area contributed by atoms with Crippen molar-refractivity contribution in [3.05, 3.63) is 65.7 Å². The number of rotatable bonds is 6. The van der Waals surface area contributed by atoms with E-state index in [1.165, 1.54) is 0 Å². The van der Waals surface area contributed by atoms with E-state index in [1.54, 1.807) is 0 Å². The summed E-state index contributed by atoms with van der Waals surface area (Å²) in [5, 5.41) is 2.91. The fourth-order valence-electron chi connectivity index (χ4n) is 3.01. The zero-order valence-corrected chi connectivity index (χ0v) is 14.7. The van der Waals surface area contributed by atoms with E-state index in [-0.39, 0.29) is 23.7 Å². The molecule has 1 aliphatic rings. The number of nitrogens with one attached hydrogen (secondary N) is 1. The molecule has 4 nitrogen and oxygen atoms in total. The number of aryl methyl sites for hydroxylation is 1. The lowest BCUT2D eigenvalue weighted by atomic mass is 10.2. The van der Waals surface area contributed by atoms with Gasteiger partial charge < -0.3 is 10.2 Å². The second kappa shape index (κ2) is 7.51. The van der Waals surface area contributed by atoms with Gasteiger partial charge in [0, 0.05) is 18.8 Å². The van der Waals surface area contributed by atoms with Crippen LogP contribution in [0.2, 0.25) is 0 Å². The first-order valence-electron chi connectivity index (χ1n) is 8.78. The van der Waals surface area contributed by atoms with Crippen molar-refractivity contribution < 1.29 is 9.59 Å². The number of hydrogen-bond acceptors (Lipinski definition) is 2. The van der Waals surface area contributed by atoms with Gasteiger partial charge in [-0.3, -0.25) is 9.59 Å². The minimum Gasteiger partial charge on any atom is -0.338 e. The van der Waals surface area contributed by atoms with E-state index in [0.29, 0.717) is 19.5 Å². The Hall–Kier alpha value is -2.62. The number of nitrogens with zero attached hydrogens (tertiary/aromatic N) is 1. The third-order valence-electron chi connectivity index (χ3n) is 4.67. The maximum atomic E-state index is 12.7. The standard InChI is InChI=1S/C21H24N2O2/c1-3-23(14-16-7-5-4-6-8-16)21(25)19-13-18(19)20(24)22-17-11-9-15(2)10-12-17/h4-12,18-19H,3,13-14H2,1-2H3,(H,22,24). The normalized spacial score (nSPS) is 18.5. The summed E-state index contributed by atoms with van der Waals surface area (Å²) in [6, 6.07) is 17.7. The zero-order valence-electron chi connectivity index (χ0n) is 14.7. The van der Waals surface area contributed by atoms with Crippen LogP contribution in [0.1, 0.15) is 24.5 Å². The van der Waals surface area contributed by atoms with Gasteiger partial charge in [-0.15, -0.1) is 0 Å². The maximum Gasteiger partial charge on any atom is 0.228 e. The Labute approximate surface area is 148 Å². The molecule has 2 amide bonds. The number of amides is 2. The quantitative estimate of drug-likeness (QED) is 0.876. The van der Waals surface area contributed by atoms with Crippen molar-refractivity contribution in [3.8, 4) is 0 Å². The lowest BCUT2D eigenvalue weighted by molar-refractivity contribution is -0.134. The predicted molar refractivity (Wildman–Crippen MR) is 98.9 cm³/mol. The number of carbonyl (C=O) groups excluding carboxylic acids is 2. The second-order valence-electron chi connectivity index (χ2n) is 6.64. The van der Waals surface area contributed by atoms with Crippen molar-refractivity contribution in [1.82, 2.24) is 4.90 Å². The van der Waals surface area contributed by atoms with Gasteiger partial charge in [-0.25, -0.2) is 0 Å². The van der Waals surface area contributed by atoms with Gasteiger partial charge in [0.15, 0.2) is 0 Å². The van der Waals surface area contributed by atoms with Crippen molar-refractivity contribution in [3.63, 3.8) is 0 Å². The highest BCUT2D eigenvalue weighted by Gasteiger charge is 2.49. The minimum absolute atomic E-state index is 0.0574. The van der Waals surface area contributed by atoms with E-state index in [0.717, 1.165) is 16.8 Å². The minimum atomic E-state index is -0.210. The molecule has 130 valence electrons. The largest absolute Gasteiger partial charge is 0.338 e. The average Bonchev–Trinajstić information content (AvgIpc) is 3.43. The molecule has 1 saturated carbocycles. The summed E-state index contributed by atoms with van der Waals surface area (Å²) >= 11 is 0. The molecule has 1 fully saturated rings. The summed E-state index contributed by atoms with van der Waals surface area (Å²) in [6.07, 6.45) is 0.641. The molecular formula is C21H24N2O2. The van der Waals surface area contributed by atoms with Crippen molar-refractivity contribution in [2.24, 2.45) is 11.8 Å². The molecular weight excluding hydrogens is 312 g/mol. The molecule has 1 aliphatic carbocycles. The number of anilines is 1. The van der Waals surface area contributed by atoms with Crippen LogP contribution >= 0.6 is 0 Å². The smallest absolute Gasteiger partial charge is 0.228 e. The molecule has 2 aromatic carbocycles. The summed E-state index contributed by atoms with van der Waals surface area (Å²) in [4.78, 5) is 26.9.